The van der Waals surface area contributed by atoms with E-state index < -0.39 is 18.5 Å². The lowest BCUT2D eigenvalue weighted by Crippen LogP contribution is -2.28. The summed E-state index contributed by atoms with van der Waals surface area (Å²) < 4.78 is 11.8. The molecule has 2 aromatic carbocycles. The van der Waals surface area contributed by atoms with Gasteiger partial charge in [0.2, 0.25) is 0 Å². The van der Waals surface area contributed by atoms with Crippen molar-refractivity contribution in [2.75, 3.05) is 13.7 Å². The van der Waals surface area contributed by atoms with E-state index in [-0.39, 0.29) is 10.7 Å². The fourth-order valence-corrected chi connectivity index (χ4v) is 3.16. The summed E-state index contributed by atoms with van der Waals surface area (Å²) in [7, 11) is 1.59. The van der Waals surface area contributed by atoms with Gasteiger partial charge in [-0.25, -0.2) is 9.48 Å². The molecule has 156 valence electrons. The lowest BCUT2D eigenvalue weighted by Gasteiger charge is -2.08. The molecule has 0 aliphatic rings. The Morgan fingerprint density at radius 1 is 1.07 bits per heavy atom. The van der Waals surface area contributed by atoms with E-state index in [0.29, 0.717) is 18.8 Å². The highest BCUT2D eigenvalue weighted by molar-refractivity contribution is 6.32. The minimum Gasteiger partial charge on any atom is -0.497 e. The third-order valence-corrected chi connectivity index (χ3v) is 4.81. The monoisotopic (exact) mass is 427 g/mol. The Morgan fingerprint density at radius 3 is 2.43 bits per heavy atom. The maximum Gasteiger partial charge on any atom is 0.343 e. The SMILES string of the molecule is COc1ccc(CNC(=O)COC(=O)c2c(C)nn(Cc3ccccc3)c2Cl)cc1. The van der Waals surface area contributed by atoms with Gasteiger partial charge in [-0.15, -0.1) is 0 Å². The highest BCUT2D eigenvalue weighted by Gasteiger charge is 2.22. The van der Waals surface area contributed by atoms with Crippen molar-refractivity contribution in [2.45, 2.75) is 20.0 Å². The number of hydrogen-bond acceptors (Lipinski definition) is 5. The normalized spacial score (nSPS) is 10.5. The van der Waals surface area contributed by atoms with Gasteiger partial charge in [0.05, 0.1) is 19.3 Å². The number of aromatic nitrogens is 2. The fraction of sp³-hybridized carbons (Fsp3) is 0.227. The first-order valence-electron chi connectivity index (χ1n) is 9.31. The Kier molecular flexibility index (Phi) is 7.08. The largest absolute Gasteiger partial charge is 0.497 e. The molecule has 0 aliphatic heterocycles. The van der Waals surface area contributed by atoms with E-state index in [9.17, 15) is 9.59 Å². The van der Waals surface area contributed by atoms with E-state index in [1.165, 1.54) is 4.68 Å². The predicted molar refractivity (Wildman–Crippen MR) is 113 cm³/mol. The zero-order valence-corrected chi connectivity index (χ0v) is 17.5. The van der Waals surface area contributed by atoms with Gasteiger partial charge < -0.3 is 14.8 Å². The summed E-state index contributed by atoms with van der Waals surface area (Å²) in [6.07, 6.45) is 0. The molecule has 8 heteroatoms. The minimum absolute atomic E-state index is 0.163. The van der Waals surface area contributed by atoms with E-state index in [1.54, 1.807) is 26.2 Å². The Bertz CT molecular complexity index is 1020. The molecule has 3 rings (SSSR count). The van der Waals surface area contributed by atoms with Crippen LogP contribution >= 0.6 is 11.6 Å². The van der Waals surface area contributed by atoms with Crippen molar-refractivity contribution in [2.24, 2.45) is 0 Å². The maximum absolute atomic E-state index is 12.4. The van der Waals surface area contributed by atoms with Crippen molar-refractivity contribution >= 4 is 23.5 Å². The molecule has 0 saturated heterocycles. The summed E-state index contributed by atoms with van der Waals surface area (Å²) in [4.78, 5) is 24.5. The predicted octanol–water partition coefficient (Wildman–Crippen LogP) is 3.38. The number of hydrogen-bond donors (Lipinski definition) is 1. The molecule has 7 nitrogen and oxygen atoms in total. The van der Waals surface area contributed by atoms with E-state index in [0.717, 1.165) is 16.9 Å². The number of carbonyl (C=O) groups excluding carboxylic acids is 2. The van der Waals surface area contributed by atoms with E-state index in [1.807, 2.05) is 42.5 Å². The molecule has 1 aromatic heterocycles. The van der Waals surface area contributed by atoms with Crippen molar-refractivity contribution in [1.82, 2.24) is 15.1 Å². The number of nitrogens with zero attached hydrogens (tertiary/aromatic N) is 2. The zero-order valence-electron chi connectivity index (χ0n) is 16.7. The van der Waals surface area contributed by atoms with Crippen LogP contribution in [0.1, 0.15) is 27.2 Å². The van der Waals surface area contributed by atoms with Crippen LogP contribution in [0.5, 0.6) is 5.75 Å². The van der Waals surface area contributed by atoms with E-state index in [2.05, 4.69) is 10.4 Å². The number of benzene rings is 2. The van der Waals surface area contributed by atoms with Gasteiger partial charge in [0.15, 0.2) is 6.61 Å². The zero-order chi connectivity index (χ0) is 21.5. The summed E-state index contributed by atoms with van der Waals surface area (Å²) in [6, 6.07) is 16.9. The summed E-state index contributed by atoms with van der Waals surface area (Å²) >= 11 is 6.34. The Labute approximate surface area is 179 Å². The Morgan fingerprint density at radius 2 is 1.77 bits per heavy atom. The van der Waals surface area contributed by atoms with Crippen LogP contribution in [-0.4, -0.2) is 35.4 Å². The Balaban J connectivity index is 1.54. The molecule has 0 bridgehead atoms. The second-order valence-electron chi connectivity index (χ2n) is 6.60. The van der Waals surface area contributed by atoms with Crippen LogP contribution in [-0.2, 0) is 22.6 Å². The van der Waals surface area contributed by atoms with Gasteiger partial charge in [-0.05, 0) is 30.2 Å². The molecule has 30 heavy (non-hydrogen) atoms. The molecule has 0 fully saturated rings. The van der Waals surface area contributed by atoms with Gasteiger partial charge in [0.25, 0.3) is 5.91 Å². The second-order valence-corrected chi connectivity index (χ2v) is 6.95. The summed E-state index contributed by atoms with van der Waals surface area (Å²) in [6.45, 7) is 2.01. The molecule has 0 saturated carbocycles. The van der Waals surface area contributed by atoms with Gasteiger partial charge in [0, 0.05) is 6.54 Å². The number of halogens is 1. The summed E-state index contributed by atoms with van der Waals surface area (Å²) in [5.41, 5.74) is 2.51. The molecule has 0 spiro atoms. The van der Waals surface area contributed by atoms with Crippen LogP contribution < -0.4 is 10.1 Å². The van der Waals surface area contributed by atoms with Crippen molar-refractivity contribution in [3.63, 3.8) is 0 Å². The number of methoxy groups -OCH3 is 1. The molecule has 0 radical (unpaired) electrons. The van der Waals surface area contributed by atoms with Gasteiger partial charge >= 0.3 is 5.97 Å². The number of esters is 1. The molecule has 1 heterocycles. The third-order valence-electron chi connectivity index (χ3n) is 4.43. The molecular formula is C22H22ClN3O4. The van der Waals surface area contributed by atoms with Crippen molar-refractivity contribution in [3.05, 3.63) is 82.1 Å². The van der Waals surface area contributed by atoms with Crippen molar-refractivity contribution in [1.29, 1.82) is 0 Å². The van der Waals surface area contributed by atoms with Gasteiger partial charge in [0.1, 0.15) is 16.5 Å². The van der Waals surface area contributed by atoms with Gasteiger partial charge in [-0.3, -0.25) is 4.79 Å². The quantitative estimate of drug-likeness (QED) is 0.557. The van der Waals surface area contributed by atoms with E-state index >= 15 is 0 Å². The number of aryl methyl sites for hydroxylation is 1. The third kappa shape index (κ3) is 5.39. The molecule has 1 N–H and O–H groups in total. The Hall–Kier alpha value is -3.32. The van der Waals surface area contributed by atoms with Gasteiger partial charge in [-0.2, -0.15) is 5.10 Å². The van der Waals surface area contributed by atoms with Crippen molar-refractivity contribution in [3.8, 4) is 5.75 Å². The minimum atomic E-state index is -0.684. The molecule has 0 atom stereocenters. The van der Waals surface area contributed by atoms with Gasteiger partial charge in [-0.1, -0.05) is 54.1 Å². The van der Waals surface area contributed by atoms with Crippen LogP contribution in [0.2, 0.25) is 5.15 Å². The van der Waals surface area contributed by atoms with Crippen LogP contribution in [0, 0.1) is 6.92 Å². The number of nitrogens with one attached hydrogen (secondary N) is 1. The molecule has 3 aromatic rings. The van der Waals surface area contributed by atoms with Crippen LogP contribution in [0.25, 0.3) is 0 Å². The average molecular weight is 428 g/mol. The topological polar surface area (TPSA) is 82.4 Å². The summed E-state index contributed by atoms with van der Waals surface area (Å²) in [5.74, 6) is -0.361. The fourth-order valence-electron chi connectivity index (χ4n) is 2.84. The summed E-state index contributed by atoms with van der Waals surface area (Å²) in [5, 5.41) is 7.20. The molecular weight excluding hydrogens is 406 g/mol. The number of carbonyl (C=O) groups is 2. The first-order valence-corrected chi connectivity index (χ1v) is 9.69. The number of rotatable bonds is 8. The average Bonchev–Trinajstić information content (AvgIpc) is 3.04. The standard InChI is InChI=1S/C22H22ClN3O4/c1-15-20(21(23)26(25-15)13-17-6-4-3-5-7-17)22(28)30-14-19(27)24-12-16-8-10-18(29-2)11-9-16/h3-11H,12-14H2,1-2H3,(H,24,27). The smallest absolute Gasteiger partial charge is 0.343 e. The van der Waals surface area contributed by atoms with Crippen molar-refractivity contribution < 1.29 is 19.1 Å². The molecule has 0 aliphatic carbocycles. The first-order chi connectivity index (χ1) is 14.5. The number of amides is 1. The molecule has 0 unspecified atom stereocenters. The van der Waals surface area contributed by atoms with Crippen LogP contribution in [0.3, 0.4) is 0 Å². The van der Waals surface area contributed by atoms with Crippen LogP contribution in [0.4, 0.5) is 0 Å². The highest BCUT2D eigenvalue weighted by Crippen LogP contribution is 2.22. The highest BCUT2D eigenvalue weighted by atomic mass is 35.5. The van der Waals surface area contributed by atoms with Crippen LogP contribution in [0.15, 0.2) is 54.6 Å². The maximum atomic E-state index is 12.4. The molecule has 1 amide bonds. The lowest BCUT2D eigenvalue weighted by atomic mass is 10.2. The first kappa shape index (κ1) is 21.4. The lowest BCUT2D eigenvalue weighted by molar-refractivity contribution is -0.124. The number of ether oxygens (including phenoxy) is 2. The van der Waals surface area contributed by atoms with E-state index in [4.69, 9.17) is 21.1 Å². The second kappa shape index (κ2) is 9.93.